The van der Waals surface area contributed by atoms with Crippen LogP contribution in [0.1, 0.15) is 5.82 Å². The zero-order valence-corrected chi connectivity index (χ0v) is 13.1. The fourth-order valence-electron chi connectivity index (χ4n) is 1.63. The number of ether oxygens (including phenoxy) is 1. The maximum atomic E-state index is 11.9. The van der Waals surface area contributed by atoms with E-state index in [4.69, 9.17) is 4.74 Å². The monoisotopic (exact) mass is 319 g/mol. The van der Waals surface area contributed by atoms with Crippen molar-refractivity contribution in [2.24, 2.45) is 0 Å². The van der Waals surface area contributed by atoms with E-state index in [-0.39, 0.29) is 30.6 Å². The Morgan fingerprint density at radius 1 is 1.35 bits per heavy atom. The van der Waals surface area contributed by atoms with E-state index in [2.05, 4.69) is 25.4 Å². The van der Waals surface area contributed by atoms with E-state index in [1.54, 1.807) is 19.0 Å². The van der Waals surface area contributed by atoms with Crippen LogP contribution in [-0.2, 0) is 17.9 Å². The Kier molecular flexibility index (Phi) is 5.18. The number of anilines is 1. The van der Waals surface area contributed by atoms with Crippen molar-refractivity contribution >= 4 is 11.9 Å². The molecule has 0 saturated carbocycles. The normalized spacial score (nSPS) is 10.2. The van der Waals surface area contributed by atoms with Gasteiger partial charge in [0, 0.05) is 26.4 Å². The van der Waals surface area contributed by atoms with Crippen LogP contribution in [0.3, 0.4) is 0 Å². The number of aromatic nitrogens is 5. The van der Waals surface area contributed by atoms with Crippen LogP contribution < -0.4 is 20.5 Å². The Bertz CT molecular complexity index is 744. The largest absolute Gasteiger partial charge is 0.467 e. The lowest BCUT2D eigenvalue weighted by Crippen LogP contribution is -2.33. The van der Waals surface area contributed by atoms with Gasteiger partial charge in [-0.1, -0.05) is 0 Å². The molecule has 0 aliphatic carbocycles. The summed E-state index contributed by atoms with van der Waals surface area (Å²) in [5, 5.41) is 6.44. The van der Waals surface area contributed by atoms with Gasteiger partial charge in [-0.25, -0.2) is 4.68 Å². The van der Waals surface area contributed by atoms with E-state index in [0.717, 1.165) is 4.68 Å². The highest BCUT2D eigenvalue weighted by atomic mass is 16.5. The molecule has 0 fully saturated rings. The number of rotatable bonds is 6. The molecule has 10 heteroatoms. The zero-order chi connectivity index (χ0) is 16.8. The Morgan fingerprint density at radius 3 is 2.78 bits per heavy atom. The molecule has 1 N–H and O–H groups in total. The second kappa shape index (κ2) is 7.29. The molecule has 0 unspecified atom stereocenters. The molecular weight excluding hydrogens is 302 g/mol. The number of nitrogens with zero attached hydrogens (tertiary/aromatic N) is 6. The van der Waals surface area contributed by atoms with E-state index >= 15 is 0 Å². The molecule has 2 aromatic rings. The van der Waals surface area contributed by atoms with Crippen molar-refractivity contribution in [1.82, 2.24) is 30.0 Å². The molecule has 2 aromatic heterocycles. The summed E-state index contributed by atoms with van der Waals surface area (Å²) >= 11 is 0. The summed E-state index contributed by atoms with van der Waals surface area (Å²) in [5.74, 6) is 0.390. The van der Waals surface area contributed by atoms with Gasteiger partial charge in [-0.2, -0.15) is 20.1 Å². The van der Waals surface area contributed by atoms with Crippen molar-refractivity contribution in [2.45, 2.75) is 13.1 Å². The minimum absolute atomic E-state index is 0.0835. The first kappa shape index (κ1) is 16.3. The highest BCUT2D eigenvalue weighted by Crippen LogP contribution is 2.09. The number of methoxy groups -OCH3 is 1. The molecule has 0 saturated heterocycles. The van der Waals surface area contributed by atoms with Gasteiger partial charge in [0.15, 0.2) is 5.82 Å². The highest BCUT2D eigenvalue weighted by molar-refractivity contribution is 5.75. The number of hydrogen-bond donors (Lipinski definition) is 1. The number of carbonyl (C=O) groups is 1. The Hall–Kier alpha value is -3.04. The van der Waals surface area contributed by atoms with E-state index < -0.39 is 0 Å². The fraction of sp³-hybridized carbons (Fsp3) is 0.385. The standard InChI is InChI=1S/C13H17N7O3/c1-19(2)12-16-9(17-13(18-12)23-3)7-14-10(21)8-20-11(22)5-4-6-15-20/h4-6H,7-8H2,1-3H3,(H,14,21). The third-order valence-electron chi connectivity index (χ3n) is 2.75. The van der Waals surface area contributed by atoms with Gasteiger partial charge >= 0.3 is 6.01 Å². The van der Waals surface area contributed by atoms with Crippen molar-refractivity contribution in [3.8, 4) is 6.01 Å². The van der Waals surface area contributed by atoms with Gasteiger partial charge in [0.2, 0.25) is 11.9 Å². The first-order valence-electron chi connectivity index (χ1n) is 6.74. The molecule has 0 radical (unpaired) electrons. The molecule has 0 aliphatic heterocycles. The lowest BCUT2D eigenvalue weighted by molar-refractivity contribution is -0.122. The number of carbonyl (C=O) groups excluding carboxylic acids is 1. The van der Waals surface area contributed by atoms with Crippen LogP contribution in [0.5, 0.6) is 6.01 Å². The maximum absolute atomic E-state index is 11.9. The number of amides is 1. The van der Waals surface area contributed by atoms with Crippen molar-refractivity contribution in [2.75, 3.05) is 26.1 Å². The molecule has 23 heavy (non-hydrogen) atoms. The van der Waals surface area contributed by atoms with Crippen LogP contribution in [0.15, 0.2) is 23.1 Å². The molecule has 1 amide bonds. The van der Waals surface area contributed by atoms with Crippen molar-refractivity contribution < 1.29 is 9.53 Å². The van der Waals surface area contributed by atoms with Crippen molar-refractivity contribution in [3.05, 3.63) is 34.5 Å². The van der Waals surface area contributed by atoms with Crippen LogP contribution in [0.25, 0.3) is 0 Å². The molecule has 0 aromatic carbocycles. The summed E-state index contributed by atoms with van der Waals surface area (Å²) in [7, 11) is 5.01. The lowest BCUT2D eigenvalue weighted by atomic mass is 10.5. The Morgan fingerprint density at radius 2 is 2.13 bits per heavy atom. The predicted octanol–water partition coefficient (Wildman–Crippen LogP) is -1.18. The summed E-state index contributed by atoms with van der Waals surface area (Å²) in [5.41, 5.74) is -0.348. The summed E-state index contributed by atoms with van der Waals surface area (Å²) in [4.78, 5) is 37.4. The van der Waals surface area contributed by atoms with Gasteiger partial charge in [-0.05, 0) is 6.07 Å². The van der Waals surface area contributed by atoms with Crippen LogP contribution in [0.2, 0.25) is 0 Å². The molecule has 0 bridgehead atoms. The fourth-order valence-corrected chi connectivity index (χ4v) is 1.63. The average molecular weight is 319 g/mol. The molecule has 0 spiro atoms. The minimum atomic E-state index is -0.378. The van der Waals surface area contributed by atoms with Gasteiger partial charge in [-0.15, -0.1) is 0 Å². The van der Waals surface area contributed by atoms with Gasteiger partial charge in [-0.3, -0.25) is 9.59 Å². The van der Waals surface area contributed by atoms with Crippen LogP contribution >= 0.6 is 0 Å². The number of nitrogens with one attached hydrogen (secondary N) is 1. The van der Waals surface area contributed by atoms with Gasteiger partial charge in [0.05, 0.1) is 13.7 Å². The molecule has 2 heterocycles. The minimum Gasteiger partial charge on any atom is -0.467 e. The van der Waals surface area contributed by atoms with Gasteiger partial charge in [0.25, 0.3) is 5.56 Å². The van der Waals surface area contributed by atoms with Crippen LogP contribution in [0, 0.1) is 0 Å². The average Bonchev–Trinajstić information content (AvgIpc) is 2.54. The van der Waals surface area contributed by atoms with E-state index in [0.29, 0.717) is 11.8 Å². The summed E-state index contributed by atoms with van der Waals surface area (Å²) in [6.07, 6.45) is 1.44. The topological polar surface area (TPSA) is 115 Å². The van der Waals surface area contributed by atoms with Gasteiger partial charge < -0.3 is 15.0 Å². The first-order chi connectivity index (χ1) is 11.0. The lowest BCUT2D eigenvalue weighted by Gasteiger charge is -2.12. The van der Waals surface area contributed by atoms with Crippen molar-refractivity contribution in [1.29, 1.82) is 0 Å². The van der Waals surface area contributed by atoms with E-state index in [1.165, 1.54) is 25.4 Å². The third kappa shape index (κ3) is 4.46. The van der Waals surface area contributed by atoms with E-state index in [1.807, 2.05) is 0 Å². The third-order valence-corrected chi connectivity index (χ3v) is 2.75. The predicted molar refractivity (Wildman–Crippen MR) is 81.0 cm³/mol. The first-order valence-corrected chi connectivity index (χ1v) is 6.74. The number of hydrogen-bond acceptors (Lipinski definition) is 8. The molecule has 10 nitrogen and oxygen atoms in total. The van der Waals surface area contributed by atoms with Crippen LogP contribution in [0.4, 0.5) is 5.95 Å². The quantitative estimate of drug-likeness (QED) is 0.707. The summed E-state index contributed by atoms with van der Waals surface area (Å²) < 4.78 is 6.07. The SMILES string of the molecule is COc1nc(CNC(=O)Cn2ncccc2=O)nc(N(C)C)n1. The second-order valence-electron chi connectivity index (χ2n) is 4.73. The Balaban J connectivity index is 2.03. The second-order valence-corrected chi connectivity index (χ2v) is 4.73. The molecule has 0 atom stereocenters. The molecule has 2 rings (SSSR count). The maximum Gasteiger partial charge on any atom is 0.321 e. The summed E-state index contributed by atoms with van der Waals surface area (Å²) in [6.45, 7) is -0.0947. The highest BCUT2D eigenvalue weighted by Gasteiger charge is 2.10. The van der Waals surface area contributed by atoms with Gasteiger partial charge in [0.1, 0.15) is 6.54 Å². The zero-order valence-electron chi connectivity index (χ0n) is 13.1. The smallest absolute Gasteiger partial charge is 0.321 e. The summed E-state index contributed by atoms with van der Waals surface area (Å²) in [6, 6.07) is 3.01. The Labute approximate surface area is 132 Å². The van der Waals surface area contributed by atoms with Crippen molar-refractivity contribution in [3.63, 3.8) is 0 Å². The molecule has 122 valence electrons. The van der Waals surface area contributed by atoms with E-state index in [9.17, 15) is 9.59 Å². The molecular formula is C13H17N7O3. The molecule has 0 aliphatic rings. The van der Waals surface area contributed by atoms with Crippen LogP contribution in [-0.4, -0.2) is 51.8 Å².